The summed E-state index contributed by atoms with van der Waals surface area (Å²) >= 11 is 5.04. The fourth-order valence-electron chi connectivity index (χ4n) is 1.31. The molecular formula is C9H9BrN2S. The van der Waals surface area contributed by atoms with Crippen molar-refractivity contribution in [3.63, 3.8) is 0 Å². The van der Waals surface area contributed by atoms with E-state index in [4.69, 9.17) is 5.73 Å². The first-order valence-corrected chi connectivity index (χ1v) is 5.61. The molecule has 0 aliphatic heterocycles. The van der Waals surface area contributed by atoms with Crippen LogP contribution in [0, 0.1) is 0 Å². The molecule has 1 heterocycles. The van der Waals surface area contributed by atoms with Gasteiger partial charge in [0.2, 0.25) is 0 Å². The largest absolute Gasteiger partial charge is 0.330 e. The summed E-state index contributed by atoms with van der Waals surface area (Å²) in [4.78, 5) is 0. The van der Waals surface area contributed by atoms with Crippen LogP contribution in [-0.2, 0) is 6.42 Å². The van der Waals surface area contributed by atoms with E-state index in [1.165, 1.54) is 27.2 Å². The Kier molecular flexibility index (Phi) is 2.62. The van der Waals surface area contributed by atoms with E-state index in [1.54, 1.807) is 0 Å². The molecule has 2 nitrogen and oxygen atoms in total. The maximum atomic E-state index is 5.50. The van der Waals surface area contributed by atoms with Gasteiger partial charge >= 0.3 is 0 Å². The molecule has 0 spiro atoms. The predicted octanol–water partition coefficient (Wildman–Crippen LogP) is 2.56. The molecule has 2 aromatic rings. The van der Waals surface area contributed by atoms with E-state index in [0.717, 1.165) is 10.9 Å². The van der Waals surface area contributed by atoms with Gasteiger partial charge in [0, 0.05) is 16.1 Å². The number of halogens is 1. The SMILES string of the molecule is NCCc1cc(Br)c2sncc2c1. The van der Waals surface area contributed by atoms with Gasteiger partial charge in [0.25, 0.3) is 0 Å². The Balaban J connectivity index is 2.56. The third-order valence-corrected chi connectivity index (χ3v) is 3.64. The van der Waals surface area contributed by atoms with E-state index >= 15 is 0 Å². The highest BCUT2D eigenvalue weighted by Gasteiger charge is 2.03. The van der Waals surface area contributed by atoms with Crippen LogP contribution in [0.4, 0.5) is 0 Å². The zero-order chi connectivity index (χ0) is 9.26. The third-order valence-electron chi connectivity index (χ3n) is 1.90. The van der Waals surface area contributed by atoms with Crippen molar-refractivity contribution in [2.45, 2.75) is 6.42 Å². The molecule has 0 saturated heterocycles. The summed E-state index contributed by atoms with van der Waals surface area (Å²) in [5, 5.41) is 1.20. The molecule has 0 fully saturated rings. The zero-order valence-corrected chi connectivity index (χ0v) is 9.36. The third kappa shape index (κ3) is 1.75. The Labute approximate surface area is 89.1 Å². The molecule has 68 valence electrons. The molecule has 1 aromatic carbocycles. The van der Waals surface area contributed by atoms with Crippen molar-refractivity contribution < 1.29 is 0 Å². The van der Waals surface area contributed by atoms with E-state index in [0.29, 0.717) is 6.54 Å². The van der Waals surface area contributed by atoms with Crippen LogP contribution in [0.1, 0.15) is 5.56 Å². The number of rotatable bonds is 2. The quantitative estimate of drug-likeness (QED) is 0.897. The van der Waals surface area contributed by atoms with E-state index in [2.05, 4.69) is 32.4 Å². The fraction of sp³-hybridized carbons (Fsp3) is 0.222. The highest BCUT2D eigenvalue weighted by Crippen LogP contribution is 2.28. The van der Waals surface area contributed by atoms with Crippen molar-refractivity contribution in [3.05, 3.63) is 28.4 Å². The van der Waals surface area contributed by atoms with Crippen molar-refractivity contribution in [3.8, 4) is 0 Å². The standard InChI is InChI=1S/C9H9BrN2S/c10-8-4-6(1-2-11)3-7-5-12-13-9(7)8/h3-5H,1-2,11H2. The number of fused-ring (bicyclic) bond motifs is 1. The Morgan fingerprint density at radius 2 is 2.31 bits per heavy atom. The normalized spacial score (nSPS) is 10.9. The van der Waals surface area contributed by atoms with Gasteiger partial charge in [0.05, 0.1) is 4.70 Å². The van der Waals surface area contributed by atoms with E-state index < -0.39 is 0 Å². The summed E-state index contributed by atoms with van der Waals surface area (Å²) in [6.07, 6.45) is 2.81. The lowest BCUT2D eigenvalue weighted by Crippen LogP contribution is -2.02. The van der Waals surface area contributed by atoms with Gasteiger partial charge in [-0.25, -0.2) is 0 Å². The summed E-state index contributed by atoms with van der Waals surface area (Å²) < 4.78 is 6.47. The van der Waals surface area contributed by atoms with Crippen molar-refractivity contribution in [1.82, 2.24) is 4.37 Å². The topological polar surface area (TPSA) is 38.9 Å². The van der Waals surface area contributed by atoms with Crippen LogP contribution in [0.2, 0.25) is 0 Å². The minimum absolute atomic E-state index is 0.690. The second-order valence-electron chi connectivity index (χ2n) is 2.86. The number of aromatic nitrogens is 1. The number of nitrogens with two attached hydrogens (primary N) is 1. The van der Waals surface area contributed by atoms with Crippen LogP contribution < -0.4 is 5.73 Å². The lowest BCUT2D eigenvalue weighted by molar-refractivity contribution is 0.970. The molecule has 0 atom stereocenters. The molecule has 2 rings (SSSR count). The zero-order valence-electron chi connectivity index (χ0n) is 6.96. The van der Waals surface area contributed by atoms with Gasteiger partial charge in [-0.05, 0) is 58.1 Å². The Morgan fingerprint density at radius 3 is 3.08 bits per heavy atom. The Hall–Kier alpha value is -0.450. The molecule has 0 radical (unpaired) electrons. The number of hydrogen-bond donors (Lipinski definition) is 1. The molecular weight excluding hydrogens is 248 g/mol. The van der Waals surface area contributed by atoms with Crippen LogP contribution in [0.15, 0.2) is 22.8 Å². The highest BCUT2D eigenvalue weighted by molar-refractivity contribution is 9.10. The van der Waals surface area contributed by atoms with Crippen molar-refractivity contribution in [2.75, 3.05) is 6.54 Å². The van der Waals surface area contributed by atoms with Crippen molar-refractivity contribution in [1.29, 1.82) is 0 Å². The van der Waals surface area contributed by atoms with Gasteiger partial charge < -0.3 is 5.73 Å². The van der Waals surface area contributed by atoms with Crippen molar-refractivity contribution >= 4 is 37.5 Å². The van der Waals surface area contributed by atoms with Crippen LogP contribution in [-0.4, -0.2) is 10.9 Å². The number of nitrogens with zero attached hydrogens (tertiary/aromatic N) is 1. The summed E-state index contributed by atoms with van der Waals surface area (Å²) in [5.74, 6) is 0. The molecule has 0 saturated carbocycles. The van der Waals surface area contributed by atoms with Crippen LogP contribution in [0.25, 0.3) is 10.1 Å². The van der Waals surface area contributed by atoms with Crippen molar-refractivity contribution in [2.24, 2.45) is 5.73 Å². The first-order valence-electron chi connectivity index (χ1n) is 4.04. The maximum Gasteiger partial charge on any atom is 0.0692 e. The lowest BCUT2D eigenvalue weighted by Gasteiger charge is -2.00. The first kappa shape index (κ1) is 9.12. The molecule has 2 N–H and O–H groups in total. The molecule has 13 heavy (non-hydrogen) atoms. The van der Waals surface area contributed by atoms with Gasteiger partial charge in [-0.2, -0.15) is 4.37 Å². The summed E-state index contributed by atoms with van der Waals surface area (Å²) in [5.41, 5.74) is 6.77. The fourth-order valence-corrected chi connectivity index (χ4v) is 2.69. The van der Waals surface area contributed by atoms with Gasteiger partial charge in [-0.1, -0.05) is 0 Å². The average Bonchev–Trinajstić information content (AvgIpc) is 2.53. The molecule has 0 amide bonds. The van der Waals surface area contributed by atoms with Crippen LogP contribution in [0.5, 0.6) is 0 Å². The molecule has 1 aromatic heterocycles. The minimum atomic E-state index is 0.690. The Morgan fingerprint density at radius 1 is 1.46 bits per heavy atom. The maximum absolute atomic E-state index is 5.50. The van der Waals surface area contributed by atoms with Gasteiger partial charge in [-0.3, -0.25) is 0 Å². The molecule has 4 heteroatoms. The lowest BCUT2D eigenvalue weighted by atomic mass is 10.1. The first-order chi connectivity index (χ1) is 6.31. The van der Waals surface area contributed by atoms with E-state index in [1.807, 2.05) is 6.20 Å². The summed E-state index contributed by atoms with van der Waals surface area (Å²) in [6.45, 7) is 0.690. The van der Waals surface area contributed by atoms with Crippen LogP contribution in [0.3, 0.4) is 0 Å². The monoisotopic (exact) mass is 256 g/mol. The predicted molar refractivity (Wildman–Crippen MR) is 60.1 cm³/mol. The summed E-state index contributed by atoms with van der Waals surface area (Å²) in [7, 11) is 0. The molecule has 0 aliphatic carbocycles. The van der Waals surface area contributed by atoms with Gasteiger partial charge in [0.1, 0.15) is 0 Å². The second kappa shape index (κ2) is 3.74. The van der Waals surface area contributed by atoms with E-state index in [9.17, 15) is 0 Å². The number of hydrogen-bond acceptors (Lipinski definition) is 3. The molecule has 0 unspecified atom stereocenters. The Bertz CT molecular complexity index is 424. The molecule has 0 bridgehead atoms. The van der Waals surface area contributed by atoms with Gasteiger partial charge in [-0.15, -0.1) is 0 Å². The van der Waals surface area contributed by atoms with Gasteiger partial charge in [0.15, 0.2) is 0 Å². The minimum Gasteiger partial charge on any atom is -0.330 e. The second-order valence-corrected chi connectivity index (χ2v) is 4.52. The smallest absolute Gasteiger partial charge is 0.0692 e. The average molecular weight is 257 g/mol. The van der Waals surface area contributed by atoms with E-state index in [-0.39, 0.29) is 0 Å². The summed E-state index contributed by atoms with van der Waals surface area (Å²) in [6, 6.07) is 4.27. The molecule has 0 aliphatic rings. The highest BCUT2D eigenvalue weighted by atomic mass is 79.9. The number of benzene rings is 1. The van der Waals surface area contributed by atoms with Crippen LogP contribution >= 0.6 is 27.5 Å².